The van der Waals surface area contributed by atoms with Crippen LogP contribution >= 0.6 is 35.7 Å². The number of hydrogen-bond donors (Lipinski definition) is 2. The highest BCUT2D eigenvalue weighted by atomic mass is 127. The van der Waals surface area contributed by atoms with E-state index in [1.807, 2.05) is 25.5 Å². The second-order valence-electron chi connectivity index (χ2n) is 6.19. The Hall–Kier alpha value is -1.43. The number of rotatable bonds is 8. The number of aromatic nitrogens is 3. The average molecular weight is 524 g/mol. The van der Waals surface area contributed by atoms with E-state index in [1.54, 1.807) is 11.8 Å². The molecule has 0 saturated carbocycles. The molecule has 28 heavy (non-hydrogen) atoms. The fraction of sp³-hybridized carbons (Fsp3) is 0.500. The van der Waals surface area contributed by atoms with E-state index in [9.17, 15) is 8.78 Å². The Morgan fingerprint density at radius 1 is 1.32 bits per heavy atom. The van der Waals surface area contributed by atoms with Gasteiger partial charge >= 0.3 is 0 Å². The number of halogens is 3. The molecule has 0 bridgehead atoms. The summed E-state index contributed by atoms with van der Waals surface area (Å²) in [7, 11) is 1.88. The first-order valence-corrected chi connectivity index (χ1v) is 10.2. The average Bonchev–Trinajstić information content (AvgIpc) is 2.94. The zero-order valence-electron chi connectivity index (χ0n) is 16.5. The van der Waals surface area contributed by atoms with Gasteiger partial charge in [0.05, 0.1) is 6.04 Å². The topological polar surface area (TPSA) is 67.1 Å². The Labute approximate surface area is 186 Å². The second-order valence-corrected chi connectivity index (χ2v) is 7.18. The van der Waals surface area contributed by atoms with Crippen LogP contribution in [0.4, 0.5) is 8.78 Å². The minimum absolute atomic E-state index is 0. The predicted molar refractivity (Wildman–Crippen MR) is 121 cm³/mol. The van der Waals surface area contributed by atoms with Gasteiger partial charge in [-0.3, -0.25) is 0 Å². The fourth-order valence-electron chi connectivity index (χ4n) is 2.45. The maximum Gasteiger partial charge on any atom is 0.192 e. The van der Waals surface area contributed by atoms with Crippen molar-refractivity contribution in [2.75, 3.05) is 18.6 Å². The molecule has 2 rings (SSSR count). The zero-order chi connectivity index (χ0) is 19.8. The van der Waals surface area contributed by atoms with E-state index in [0.29, 0.717) is 18.1 Å². The van der Waals surface area contributed by atoms with Crippen molar-refractivity contribution < 1.29 is 8.78 Å². The highest BCUT2D eigenvalue weighted by molar-refractivity contribution is 14.0. The third-order valence-corrected chi connectivity index (χ3v) is 4.86. The molecule has 1 aromatic heterocycles. The van der Waals surface area contributed by atoms with E-state index in [1.165, 1.54) is 12.1 Å². The molecule has 1 heterocycles. The maximum atomic E-state index is 14.0. The number of guanidine groups is 1. The molecule has 0 aliphatic rings. The molecule has 6 nitrogen and oxygen atoms in total. The Balaban J connectivity index is 0.00000392. The summed E-state index contributed by atoms with van der Waals surface area (Å²) in [4.78, 5) is 4.55. The van der Waals surface area contributed by atoms with Gasteiger partial charge in [0.2, 0.25) is 0 Å². The lowest BCUT2D eigenvalue weighted by molar-refractivity contribution is 0.550. The quantitative estimate of drug-likeness (QED) is 0.239. The number of nitrogens with one attached hydrogen (secondary N) is 2. The molecular weight excluding hydrogens is 497 g/mol. The smallest absolute Gasteiger partial charge is 0.192 e. The van der Waals surface area contributed by atoms with Crippen LogP contribution in [-0.4, -0.2) is 39.3 Å². The van der Waals surface area contributed by atoms with Crippen LogP contribution in [0.2, 0.25) is 0 Å². The van der Waals surface area contributed by atoms with Crippen LogP contribution in [0.1, 0.15) is 36.6 Å². The van der Waals surface area contributed by atoms with Crippen LogP contribution in [0.15, 0.2) is 23.2 Å². The normalized spacial score (nSPS) is 12.4. The van der Waals surface area contributed by atoms with E-state index in [0.717, 1.165) is 36.4 Å². The molecule has 1 atom stereocenters. The molecule has 2 aromatic rings. The van der Waals surface area contributed by atoms with Crippen LogP contribution in [0.25, 0.3) is 0 Å². The van der Waals surface area contributed by atoms with Gasteiger partial charge in [-0.15, -0.1) is 34.2 Å². The summed E-state index contributed by atoms with van der Waals surface area (Å²) in [6, 6.07) is 3.21. The van der Waals surface area contributed by atoms with Gasteiger partial charge in [-0.1, -0.05) is 6.07 Å². The van der Waals surface area contributed by atoms with Crippen molar-refractivity contribution >= 4 is 41.7 Å². The predicted octanol–water partition coefficient (Wildman–Crippen LogP) is 3.57. The van der Waals surface area contributed by atoms with Crippen molar-refractivity contribution in [2.45, 2.75) is 32.9 Å². The monoisotopic (exact) mass is 524 g/mol. The first-order chi connectivity index (χ1) is 12.9. The molecule has 0 radical (unpaired) electrons. The van der Waals surface area contributed by atoms with Gasteiger partial charge in [0.25, 0.3) is 0 Å². The first-order valence-electron chi connectivity index (χ1n) is 8.76. The van der Waals surface area contributed by atoms with Gasteiger partial charge in [0.15, 0.2) is 11.8 Å². The molecule has 0 aliphatic carbocycles. The van der Waals surface area contributed by atoms with Gasteiger partial charge in [-0.05, 0) is 38.3 Å². The molecule has 0 fully saturated rings. The van der Waals surface area contributed by atoms with Crippen molar-refractivity contribution in [1.29, 1.82) is 0 Å². The molecule has 0 saturated heterocycles. The number of hydrogen-bond acceptors (Lipinski definition) is 4. The van der Waals surface area contributed by atoms with Crippen LogP contribution in [0, 0.1) is 18.6 Å². The van der Waals surface area contributed by atoms with Crippen LogP contribution in [-0.2, 0) is 13.6 Å². The van der Waals surface area contributed by atoms with Gasteiger partial charge in [0, 0.05) is 25.2 Å². The molecular formula is C18H27F2IN6S. The summed E-state index contributed by atoms with van der Waals surface area (Å²) in [6.07, 6.45) is 3.03. The van der Waals surface area contributed by atoms with Gasteiger partial charge in [-0.25, -0.2) is 13.8 Å². The van der Waals surface area contributed by atoms with E-state index < -0.39 is 11.6 Å². The van der Waals surface area contributed by atoms with E-state index in [-0.39, 0.29) is 30.0 Å². The van der Waals surface area contributed by atoms with E-state index in [2.05, 4.69) is 32.1 Å². The second kappa shape index (κ2) is 12.2. The van der Waals surface area contributed by atoms with Gasteiger partial charge < -0.3 is 15.2 Å². The lowest BCUT2D eigenvalue weighted by atomic mass is 10.1. The summed E-state index contributed by atoms with van der Waals surface area (Å²) in [5, 5.41) is 14.6. The minimum atomic E-state index is -0.592. The largest absolute Gasteiger partial charge is 0.356 e. The molecule has 10 heteroatoms. The Morgan fingerprint density at radius 2 is 2.07 bits per heavy atom. The SMILES string of the molecule is CSCCCNC(=NCc1nnc(C)n1C)NC(C)c1ccc(F)cc1F.I. The maximum absolute atomic E-state index is 14.0. The molecule has 0 spiro atoms. The molecule has 156 valence electrons. The molecule has 0 amide bonds. The number of aryl methyl sites for hydroxylation is 1. The summed E-state index contributed by atoms with van der Waals surface area (Å²) in [5.41, 5.74) is 0.379. The summed E-state index contributed by atoms with van der Waals surface area (Å²) in [5.74, 6) is 1.95. The summed E-state index contributed by atoms with van der Waals surface area (Å²) in [6.45, 7) is 4.76. The Kier molecular flexibility index (Phi) is 10.7. The van der Waals surface area contributed by atoms with Crippen molar-refractivity contribution in [3.05, 3.63) is 47.0 Å². The number of thioether (sulfide) groups is 1. The van der Waals surface area contributed by atoms with Crippen LogP contribution in [0.3, 0.4) is 0 Å². The van der Waals surface area contributed by atoms with Crippen molar-refractivity contribution in [3.8, 4) is 0 Å². The Bertz CT molecular complexity index is 783. The fourth-order valence-corrected chi connectivity index (χ4v) is 2.88. The summed E-state index contributed by atoms with van der Waals surface area (Å²) < 4.78 is 29.1. The molecule has 0 aliphatic heterocycles. The molecule has 2 N–H and O–H groups in total. The highest BCUT2D eigenvalue weighted by Gasteiger charge is 2.14. The lowest BCUT2D eigenvalue weighted by Gasteiger charge is -2.19. The molecule has 1 unspecified atom stereocenters. The molecule has 1 aromatic carbocycles. The number of benzene rings is 1. The highest BCUT2D eigenvalue weighted by Crippen LogP contribution is 2.17. The van der Waals surface area contributed by atoms with Crippen LogP contribution in [0.5, 0.6) is 0 Å². The zero-order valence-corrected chi connectivity index (χ0v) is 19.6. The third kappa shape index (κ3) is 7.19. The van der Waals surface area contributed by atoms with Crippen molar-refractivity contribution in [2.24, 2.45) is 12.0 Å². The number of nitrogens with zero attached hydrogens (tertiary/aromatic N) is 4. The van der Waals surface area contributed by atoms with Gasteiger partial charge in [0.1, 0.15) is 24.0 Å². The number of aliphatic imine (C=N–C) groups is 1. The lowest BCUT2D eigenvalue weighted by Crippen LogP contribution is -2.39. The summed E-state index contributed by atoms with van der Waals surface area (Å²) >= 11 is 1.78. The van der Waals surface area contributed by atoms with Crippen molar-refractivity contribution in [1.82, 2.24) is 25.4 Å². The first kappa shape index (κ1) is 24.6. The van der Waals surface area contributed by atoms with Gasteiger partial charge in [-0.2, -0.15) is 11.8 Å². The van der Waals surface area contributed by atoms with E-state index >= 15 is 0 Å². The van der Waals surface area contributed by atoms with Crippen molar-refractivity contribution in [3.63, 3.8) is 0 Å². The third-order valence-electron chi connectivity index (χ3n) is 4.16. The Morgan fingerprint density at radius 3 is 2.68 bits per heavy atom. The van der Waals surface area contributed by atoms with E-state index in [4.69, 9.17) is 0 Å². The van der Waals surface area contributed by atoms with Crippen LogP contribution < -0.4 is 10.6 Å². The minimum Gasteiger partial charge on any atom is -0.356 e. The standard InChI is InChI=1S/C18H26F2N6S.HI/c1-12(15-7-6-14(19)10-16(15)20)23-18(21-8-5-9-27-4)22-11-17-25-24-13(2)26(17)3;/h6-7,10,12H,5,8-9,11H2,1-4H3,(H2,21,22,23);1H.